The highest BCUT2D eigenvalue weighted by atomic mass is 16.3. The standard InChI is InChI=1S/C3H7N5O2/c4-1-6-2(9)8-3(5,10)7-1/h10H,5H2,(H4,4,6,7,8,9). The molecule has 0 radical (unpaired) electrons. The Kier molecular flexibility index (Phi) is 1.23. The molecule has 0 saturated heterocycles. The fourth-order valence-corrected chi connectivity index (χ4v) is 0.554. The van der Waals surface area contributed by atoms with E-state index in [2.05, 4.69) is 10.3 Å². The lowest BCUT2D eigenvalue weighted by atomic mass is 10.6. The predicted octanol–water partition coefficient (Wildman–Crippen LogP) is -2.82. The van der Waals surface area contributed by atoms with Gasteiger partial charge in [0.05, 0.1) is 0 Å². The largest absolute Gasteiger partial charge is 0.369 e. The van der Waals surface area contributed by atoms with Gasteiger partial charge in [0.25, 0.3) is 0 Å². The number of nitrogens with one attached hydrogen (secondary N) is 2. The predicted molar refractivity (Wildman–Crippen MR) is 32.4 cm³/mol. The Morgan fingerprint density at radius 2 is 2.30 bits per heavy atom. The Labute approximate surface area is 56.1 Å². The zero-order valence-electron chi connectivity index (χ0n) is 4.96. The minimum absolute atomic E-state index is 0.214. The number of carbonyl (C=O) groups excluding carboxylic acids is 1. The number of aliphatic hydroxyl groups is 1. The van der Waals surface area contributed by atoms with Crippen molar-refractivity contribution in [1.82, 2.24) is 10.6 Å². The quantitative estimate of drug-likeness (QED) is 0.235. The van der Waals surface area contributed by atoms with Crippen LogP contribution in [-0.2, 0) is 0 Å². The Balaban J connectivity index is 2.83. The summed E-state index contributed by atoms with van der Waals surface area (Å²) >= 11 is 0. The van der Waals surface area contributed by atoms with Gasteiger partial charge < -0.3 is 10.8 Å². The lowest BCUT2D eigenvalue weighted by Crippen LogP contribution is -2.64. The molecule has 0 aromatic carbocycles. The van der Waals surface area contributed by atoms with Gasteiger partial charge >= 0.3 is 12.0 Å². The van der Waals surface area contributed by atoms with Gasteiger partial charge in [-0.3, -0.25) is 16.4 Å². The molecule has 7 heteroatoms. The number of nitrogens with zero attached hydrogens (tertiary/aromatic N) is 1. The highest BCUT2D eigenvalue weighted by Gasteiger charge is 2.27. The van der Waals surface area contributed by atoms with Crippen LogP contribution in [0.1, 0.15) is 0 Å². The highest BCUT2D eigenvalue weighted by molar-refractivity contribution is 5.97. The van der Waals surface area contributed by atoms with Crippen molar-refractivity contribution >= 4 is 12.0 Å². The van der Waals surface area contributed by atoms with Crippen LogP contribution >= 0.6 is 0 Å². The summed E-state index contributed by atoms with van der Waals surface area (Å²) in [6, 6.07) is -0.683. The first-order chi connectivity index (χ1) is 4.49. The first-order valence-corrected chi connectivity index (χ1v) is 2.45. The van der Waals surface area contributed by atoms with Gasteiger partial charge in [-0.2, -0.15) is 4.99 Å². The molecular weight excluding hydrogens is 138 g/mol. The third-order valence-corrected chi connectivity index (χ3v) is 0.830. The van der Waals surface area contributed by atoms with Gasteiger partial charge in [0.1, 0.15) is 0 Å². The van der Waals surface area contributed by atoms with Crippen molar-refractivity contribution in [2.24, 2.45) is 16.5 Å². The van der Waals surface area contributed by atoms with Crippen LogP contribution in [0.4, 0.5) is 4.79 Å². The normalized spacial score (nSPS) is 32.2. The van der Waals surface area contributed by atoms with Crippen LogP contribution in [0, 0.1) is 0 Å². The molecule has 0 fully saturated rings. The topological polar surface area (TPSA) is 126 Å². The van der Waals surface area contributed by atoms with E-state index in [4.69, 9.17) is 16.6 Å². The van der Waals surface area contributed by atoms with Crippen molar-refractivity contribution in [3.05, 3.63) is 0 Å². The van der Waals surface area contributed by atoms with Crippen molar-refractivity contribution in [3.63, 3.8) is 0 Å². The highest BCUT2D eigenvalue weighted by Crippen LogP contribution is 1.94. The molecule has 0 aliphatic carbocycles. The molecule has 7 N–H and O–H groups in total. The van der Waals surface area contributed by atoms with E-state index in [-0.39, 0.29) is 5.96 Å². The van der Waals surface area contributed by atoms with Gasteiger partial charge in [0.15, 0.2) is 0 Å². The lowest BCUT2D eigenvalue weighted by Gasteiger charge is -2.24. The summed E-state index contributed by atoms with van der Waals surface area (Å²) < 4.78 is 0. The lowest BCUT2D eigenvalue weighted by molar-refractivity contribution is 0.0289. The van der Waals surface area contributed by atoms with E-state index in [1.807, 2.05) is 5.32 Å². The molecule has 1 unspecified atom stereocenters. The number of hydrogen-bond donors (Lipinski definition) is 5. The molecule has 0 aromatic rings. The zero-order chi connectivity index (χ0) is 7.78. The van der Waals surface area contributed by atoms with Gasteiger partial charge in [-0.05, 0) is 0 Å². The van der Waals surface area contributed by atoms with E-state index < -0.39 is 12.0 Å². The minimum atomic E-state index is -2.08. The van der Waals surface area contributed by atoms with Gasteiger partial charge in [0, 0.05) is 0 Å². The number of rotatable bonds is 0. The average molecular weight is 145 g/mol. The number of hydrogen-bond acceptors (Lipinski definition) is 5. The number of nitrogens with two attached hydrogens (primary N) is 2. The van der Waals surface area contributed by atoms with Crippen molar-refractivity contribution in [1.29, 1.82) is 0 Å². The van der Waals surface area contributed by atoms with Gasteiger partial charge in [-0.1, -0.05) is 0 Å². The number of carbonyl (C=O) groups is 1. The van der Waals surface area contributed by atoms with E-state index in [9.17, 15) is 4.79 Å². The van der Waals surface area contributed by atoms with Crippen LogP contribution in [0.15, 0.2) is 4.99 Å². The SMILES string of the molecule is NC1=NC(N)(O)NC(=O)N1. The fraction of sp³-hybridized carbons (Fsp3) is 0.333. The molecule has 0 aromatic heterocycles. The molecule has 1 aliphatic heterocycles. The molecule has 1 aliphatic rings. The van der Waals surface area contributed by atoms with Crippen LogP contribution in [-0.4, -0.2) is 23.1 Å². The maximum absolute atomic E-state index is 10.5. The Morgan fingerprint density at radius 3 is 2.70 bits per heavy atom. The summed E-state index contributed by atoms with van der Waals surface area (Å²) in [6.07, 6.45) is 0. The molecule has 10 heavy (non-hydrogen) atoms. The number of urea groups is 1. The molecule has 1 atom stereocenters. The summed E-state index contributed by atoms with van der Waals surface area (Å²) in [4.78, 5) is 13.7. The third-order valence-electron chi connectivity index (χ3n) is 0.830. The molecule has 7 nitrogen and oxygen atoms in total. The van der Waals surface area contributed by atoms with Crippen molar-refractivity contribution < 1.29 is 9.90 Å². The van der Waals surface area contributed by atoms with Crippen LogP contribution in [0.5, 0.6) is 0 Å². The number of amides is 2. The fourth-order valence-electron chi connectivity index (χ4n) is 0.554. The summed E-state index contributed by atoms with van der Waals surface area (Å²) in [6.45, 7) is 0. The van der Waals surface area contributed by atoms with E-state index in [0.717, 1.165) is 0 Å². The smallest absolute Gasteiger partial charge is 0.326 e. The van der Waals surface area contributed by atoms with E-state index >= 15 is 0 Å². The second kappa shape index (κ2) is 1.82. The monoisotopic (exact) mass is 145 g/mol. The first kappa shape index (κ1) is 6.78. The van der Waals surface area contributed by atoms with Crippen molar-refractivity contribution in [2.45, 2.75) is 5.97 Å². The number of guanidine groups is 1. The molecule has 0 saturated carbocycles. The second-order valence-corrected chi connectivity index (χ2v) is 1.80. The molecule has 56 valence electrons. The van der Waals surface area contributed by atoms with Crippen LogP contribution < -0.4 is 22.1 Å². The summed E-state index contributed by atoms with van der Waals surface area (Å²) in [5, 5.41) is 12.8. The van der Waals surface area contributed by atoms with Crippen LogP contribution in [0.3, 0.4) is 0 Å². The molecule has 1 rings (SSSR count). The van der Waals surface area contributed by atoms with E-state index in [1.54, 1.807) is 0 Å². The Morgan fingerprint density at radius 1 is 1.70 bits per heavy atom. The summed E-state index contributed by atoms with van der Waals surface area (Å²) in [7, 11) is 0. The van der Waals surface area contributed by atoms with E-state index in [0.29, 0.717) is 0 Å². The van der Waals surface area contributed by atoms with Gasteiger partial charge in [0.2, 0.25) is 5.96 Å². The van der Waals surface area contributed by atoms with Crippen LogP contribution in [0.25, 0.3) is 0 Å². The summed E-state index contributed by atoms with van der Waals surface area (Å²) in [5.41, 5.74) is 10.0. The van der Waals surface area contributed by atoms with Crippen molar-refractivity contribution in [3.8, 4) is 0 Å². The maximum atomic E-state index is 10.5. The van der Waals surface area contributed by atoms with Gasteiger partial charge in [-0.25, -0.2) is 4.79 Å². The number of aliphatic imine (C=N–C) groups is 1. The third kappa shape index (κ3) is 1.33. The van der Waals surface area contributed by atoms with Crippen molar-refractivity contribution in [2.75, 3.05) is 0 Å². The minimum Gasteiger partial charge on any atom is -0.369 e. The summed E-state index contributed by atoms with van der Waals surface area (Å²) in [5.74, 6) is -2.29. The molecular formula is C3H7N5O2. The molecule has 1 heterocycles. The first-order valence-electron chi connectivity index (χ1n) is 2.45. The zero-order valence-corrected chi connectivity index (χ0v) is 4.96. The average Bonchev–Trinajstić information content (AvgIpc) is 1.54. The second-order valence-electron chi connectivity index (χ2n) is 1.80. The van der Waals surface area contributed by atoms with Gasteiger partial charge in [-0.15, -0.1) is 0 Å². The Hall–Kier alpha value is -1.34. The Bertz CT molecular complexity index is 197. The molecule has 0 bridgehead atoms. The molecule has 0 spiro atoms. The van der Waals surface area contributed by atoms with Crippen LogP contribution in [0.2, 0.25) is 0 Å². The molecule has 2 amide bonds. The maximum Gasteiger partial charge on any atom is 0.326 e. The van der Waals surface area contributed by atoms with E-state index in [1.165, 1.54) is 0 Å².